The van der Waals surface area contributed by atoms with E-state index < -0.39 is 0 Å². The van der Waals surface area contributed by atoms with E-state index in [0.717, 1.165) is 40.7 Å². The smallest absolute Gasteiger partial charge is 0.239 e. The molecule has 1 aliphatic rings. The molecule has 1 heterocycles. The summed E-state index contributed by atoms with van der Waals surface area (Å²) >= 11 is 6.91. The van der Waals surface area contributed by atoms with Crippen LogP contribution in [0.3, 0.4) is 0 Å². The average Bonchev–Trinajstić information content (AvgIpc) is 2.39. The summed E-state index contributed by atoms with van der Waals surface area (Å²) < 4.78 is 7.13. The molecule has 4 nitrogen and oxygen atoms in total. The van der Waals surface area contributed by atoms with E-state index in [1.165, 1.54) is 0 Å². The van der Waals surface area contributed by atoms with Crippen molar-refractivity contribution in [2.75, 3.05) is 25.1 Å². The van der Waals surface area contributed by atoms with Gasteiger partial charge in [0.05, 0.1) is 12.2 Å². The molecule has 0 atom stereocenters. The van der Waals surface area contributed by atoms with Gasteiger partial charge in [0.15, 0.2) is 0 Å². The number of hydrogen-bond donors (Lipinski definition) is 2. The van der Waals surface area contributed by atoms with Crippen LogP contribution < -0.4 is 10.6 Å². The first-order valence-corrected chi connectivity index (χ1v) is 7.80. The maximum atomic E-state index is 11.9. The van der Waals surface area contributed by atoms with Gasteiger partial charge < -0.3 is 15.4 Å². The topological polar surface area (TPSA) is 50.4 Å². The van der Waals surface area contributed by atoms with E-state index >= 15 is 0 Å². The molecule has 0 saturated carbocycles. The van der Waals surface area contributed by atoms with E-state index in [-0.39, 0.29) is 18.5 Å². The number of carbonyl (C=O) groups is 1. The van der Waals surface area contributed by atoms with Crippen LogP contribution in [0.2, 0.25) is 0 Å². The van der Waals surface area contributed by atoms with Crippen molar-refractivity contribution in [3.63, 3.8) is 0 Å². The van der Waals surface area contributed by atoms with Crippen molar-refractivity contribution in [1.29, 1.82) is 0 Å². The lowest BCUT2D eigenvalue weighted by atomic mass is 10.1. The van der Waals surface area contributed by atoms with Crippen molar-refractivity contribution in [3.05, 3.63) is 27.1 Å². The first kappa shape index (κ1) is 14.8. The van der Waals surface area contributed by atoms with Crippen molar-refractivity contribution in [1.82, 2.24) is 5.32 Å². The molecule has 1 aromatic rings. The standard InChI is InChI=1S/C13H16Br2N2O2/c14-10-2-1-3-11(15)13(10)16-8-12(18)17-9-4-6-19-7-5-9/h1-3,9,16H,4-8H2,(H,17,18). The van der Waals surface area contributed by atoms with Gasteiger partial charge in [0.2, 0.25) is 5.91 Å². The highest BCUT2D eigenvalue weighted by molar-refractivity contribution is 9.11. The normalized spacial score (nSPS) is 16.1. The third kappa shape index (κ3) is 4.47. The molecule has 0 unspecified atom stereocenters. The Balaban J connectivity index is 1.83. The molecule has 0 bridgehead atoms. The van der Waals surface area contributed by atoms with Crippen molar-refractivity contribution >= 4 is 43.5 Å². The van der Waals surface area contributed by atoms with Gasteiger partial charge in [0.25, 0.3) is 0 Å². The van der Waals surface area contributed by atoms with Crippen LogP contribution in [0, 0.1) is 0 Å². The van der Waals surface area contributed by atoms with Crippen molar-refractivity contribution in [3.8, 4) is 0 Å². The van der Waals surface area contributed by atoms with E-state index in [1.54, 1.807) is 0 Å². The fraction of sp³-hybridized carbons (Fsp3) is 0.462. The fourth-order valence-corrected chi connectivity index (χ4v) is 3.23. The van der Waals surface area contributed by atoms with E-state index in [1.807, 2.05) is 18.2 Å². The third-order valence-corrected chi connectivity index (χ3v) is 4.30. The number of benzene rings is 1. The summed E-state index contributed by atoms with van der Waals surface area (Å²) in [6.45, 7) is 1.72. The van der Waals surface area contributed by atoms with Gasteiger partial charge >= 0.3 is 0 Å². The molecule has 2 N–H and O–H groups in total. The summed E-state index contributed by atoms with van der Waals surface area (Å²) in [4.78, 5) is 11.9. The fourth-order valence-electron chi connectivity index (χ4n) is 1.96. The average molecular weight is 392 g/mol. The van der Waals surface area contributed by atoms with Crippen LogP contribution in [0.4, 0.5) is 5.69 Å². The number of amides is 1. The van der Waals surface area contributed by atoms with Crippen LogP contribution in [0.15, 0.2) is 27.1 Å². The van der Waals surface area contributed by atoms with Gasteiger partial charge in [-0.25, -0.2) is 0 Å². The molecule has 0 radical (unpaired) electrons. The van der Waals surface area contributed by atoms with Gasteiger partial charge in [-0.1, -0.05) is 6.07 Å². The Kier molecular flexibility index (Phi) is 5.66. The molecule has 1 saturated heterocycles. The van der Waals surface area contributed by atoms with Gasteiger partial charge in [0, 0.05) is 28.2 Å². The zero-order valence-electron chi connectivity index (χ0n) is 10.4. The quantitative estimate of drug-likeness (QED) is 0.829. The molecule has 6 heteroatoms. The van der Waals surface area contributed by atoms with Crippen molar-refractivity contribution in [2.24, 2.45) is 0 Å². The predicted octanol–water partition coefficient (Wildman–Crippen LogP) is 2.92. The summed E-state index contributed by atoms with van der Waals surface area (Å²) in [6, 6.07) is 6.04. The first-order chi connectivity index (χ1) is 9.16. The predicted molar refractivity (Wildman–Crippen MR) is 82.3 cm³/mol. The summed E-state index contributed by atoms with van der Waals surface area (Å²) in [5.74, 6) is 0.00885. The Morgan fingerprint density at radius 2 is 1.89 bits per heavy atom. The maximum Gasteiger partial charge on any atom is 0.239 e. The molecule has 1 aromatic carbocycles. The van der Waals surface area contributed by atoms with E-state index in [2.05, 4.69) is 42.5 Å². The lowest BCUT2D eigenvalue weighted by Crippen LogP contribution is -2.41. The zero-order valence-corrected chi connectivity index (χ0v) is 13.6. The number of nitrogens with one attached hydrogen (secondary N) is 2. The zero-order chi connectivity index (χ0) is 13.7. The van der Waals surface area contributed by atoms with Crippen molar-refractivity contribution < 1.29 is 9.53 Å². The van der Waals surface area contributed by atoms with Gasteiger partial charge in [-0.05, 0) is 56.8 Å². The molecular formula is C13H16Br2N2O2. The Labute approximate surface area is 129 Å². The van der Waals surface area contributed by atoms with Crippen molar-refractivity contribution in [2.45, 2.75) is 18.9 Å². The molecule has 1 aliphatic heterocycles. The molecule has 1 fully saturated rings. The molecule has 0 spiro atoms. The molecular weight excluding hydrogens is 376 g/mol. The number of carbonyl (C=O) groups excluding carboxylic acids is 1. The Morgan fingerprint density at radius 3 is 2.53 bits per heavy atom. The van der Waals surface area contributed by atoms with Gasteiger partial charge in [-0.2, -0.15) is 0 Å². The second-order valence-electron chi connectivity index (χ2n) is 4.40. The minimum atomic E-state index is 0.00885. The van der Waals surface area contributed by atoms with Crippen LogP contribution in [0.1, 0.15) is 12.8 Å². The number of anilines is 1. The minimum Gasteiger partial charge on any atom is -0.381 e. The van der Waals surface area contributed by atoms with Crippen LogP contribution >= 0.6 is 31.9 Å². The maximum absolute atomic E-state index is 11.9. The second-order valence-corrected chi connectivity index (χ2v) is 6.11. The number of ether oxygens (including phenoxy) is 1. The van der Waals surface area contributed by atoms with Crippen LogP contribution in [-0.4, -0.2) is 31.7 Å². The molecule has 104 valence electrons. The lowest BCUT2D eigenvalue weighted by Gasteiger charge is -2.23. The number of halogens is 2. The number of para-hydroxylation sites is 1. The van der Waals surface area contributed by atoms with Gasteiger partial charge in [-0.15, -0.1) is 0 Å². The molecule has 2 rings (SSSR count). The molecule has 19 heavy (non-hydrogen) atoms. The van der Waals surface area contributed by atoms with Crippen LogP contribution in [0.5, 0.6) is 0 Å². The highest BCUT2D eigenvalue weighted by Gasteiger charge is 2.16. The first-order valence-electron chi connectivity index (χ1n) is 6.22. The number of hydrogen-bond acceptors (Lipinski definition) is 3. The molecule has 0 aromatic heterocycles. The Hall–Kier alpha value is -0.590. The van der Waals surface area contributed by atoms with E-state index in [9.17, 15) is 4.79 Å². The monoisotopic (exact) mass is 390 g/mol. The van der Waals surface area contributed by atoms with Gasteiger partial charge in [-0.3, -0.25) is 4.79 Å². The van der Waals surface area contributed by atoms with E-state index in [4.69, 9.17) is 4.74 Å². The summed E-state index contributed by atoms with van der Waals surface area (Å²) in [5, 5.41) is 6.15. The van der Waals surface area contributed by atoms with E-state index in [0.29, 0.717) is 0 Å². The highest BCUT2D eigenvalue weighted by Crippen LogP contribution is 2.30. The van der Waals surface area contributed by atoms with Crippen LogP contribution in [0.25, 0.3) is 0 Å². The molecule has 1 amide bonds. The highest BCUT2D eigenvalue weighted by atomic mass is 79.9. The lowest BCUT2D eigenvalue weighted by molar-refractivity contribution is -0.120. The van der Waals surface area contributed by atoms with Gasteiger partial charge in [0.1, 0.15) is 0 Å². The summed E-state index contributed by atoms with van der Waals surface area (Å²) in [5.41, 5.74) is 0.893. The summed E-state index contributed by atoms with van der Waals surface area (Å²) in [6.07, 6.45) is 1.79. The number of rotatable bonds is 4. The largest absolute Gasteiger partial charge is 0.381 e. The summed E-state index contributed by atoms with van der Waals surface area (Å²) in [7, 11) is 0. The molecule has 0 aliphatic carbocycles. The Morgan fingerprint density at radius 1 is 1.26 bits per heavy atom. The third-order valence-electron chi connectivity index (χ3n) is 2.97. The Bertz CT molecular complexity index is 428. The second kappa shape index (κ2) is 7.26. The SMILES string of the molecule is O=C(CNc1c(Br)cccc1Br)NC1CCOCC1. The van der Waals surface area contributed by atoms with Crippen LogP contribution in [-0.2, 0) is 9.53 Å². The minimum absolute atomic E-state index is 0.00885.